The maximum Gasteiger partial charge on any atom is 0.255 e. The van der Waals surface area contributed by atoms with Crippen molar-refractivity contribution in [2.75, 3.05) is 6.54 Å². The molecule has 0 fully saturated rings. The number of alkyl halides is 2. The van der Waals surface area contributed by atoms with Crippen LogP contribution in [-0.4, -0.2) is 27.3 Å². The van der Waals surface area contributed by atoms with Crippen molar-refractivity contribution in [2.45, 2.75) is 11.3 Å². The van der Waals surface area contributed by atoms with Crippen LogP contribution in [-0.2, 0) is 10.0 Å². The van der Waals surface area contributed by atoms with Gasteiger partial charge in [0.1, 0.15) is 0 Å². The van der Waals surface area contributed by atoms with E-state index < -0.39 is 33.8 Å². The first kappa shape index (κ1) is 16.1. The van der Waals surface area contributed by atoms with Crippen LogP contribution in [0.3, 0.4) is 0 Å². The Labute approximate surface area is 117 Å². The fraction of sp³-hybridized carbons (Fsp3) is 0.222. The third-order valence-electron chi connectivity index (χ3n) is 1.99. The Hall–Kier alpha value is -0.960. The summed E-state index contributed by atoms with van der Waals surface area (Å²) in [4.78, 5) is 11.1. The smallest absolute Gasteiger partial charge is 0.255 e. The minimum Gasteiger partial charge on any atom is -0.346 e. The van der Waals surface area contributed by atoms with E-state index >= 15 is 0 Å². The van der Waals surface area contributed by atoms with Crippen molar-refractivity contribution in [3.05, 3.63) is 27.7 Å². The maximum atomic E-state index is 12.0. The highest BCUT2D eigenvalue weighted by Gasteiger charge is 2.19. The Balaban J connectivity index is 3.20. The van der Waals surface area contributed by atoms with E-state index in [1.165, 1.54) is 0 Å². The highest BCUT2D eigenvalue weighted by atomic mass is 35.5. The van der Waals surface area contributed by atoms with E-state index in [-0.39, 0.29) is 15.6 Å². The second-order valence-corrected chi connectivity index (χ2v) is 5.76. The van der Waals surface area contributed by atoms with Crippen LogP contribution in [0.4, 0.5) is 8.78 Å². The third-order valence-corrected chi connectivity index (χ3v) is 3.69. The van der Waals surface area contributed by atoms with Crippen molar-refractivity contribution >= 4 is 39.1 Å². The number of nitrogens with one attached hydrogen (secondary N) is 1. The number of benzene rings is 1. The SMILES string of the molecule is NS(=O)(=O)c1cc(Cl)c(Cl)c(C(=O)NCC(F)F)c1. The maximum absolute atomic E-state index is 12.0. The summed E-state index contributed by atoms with van der Waals surface area (Å²) in [7, 11) is -4.10. The number of amides is 1. The van der Waals surface area contributed by atoms with Gasteiger partial charge < -0.3 is 5.32 Å². The molecular formula is C9H8Cl2F2N2O3S. The van der Waals surface area contributed by atoms with Crippen molar-refractivity contribution < 1.29 is 22.0 Å². The number of carbonyl (C=O) groups excluding carboxylic acids is 1. The van der Waals surface area contributed by atoms with Crippen LogP contribution in [0.5, 0.6) is 0 Å². The first-order valence-electron chi connectivity index (χ1n) is 4.71. The topological polar surface area (TPSA) is 89.3 Å². The number of hydrogen-bond acceptors (Lipinski definition) is 3. The molecule has 0 bridgehead atoms. The fourth-order valence-electron chi connectivity index (χ4n) is 1.16. The number of hydrogen-bond donors (Lipinski definition) is 2. The van der Waals surface area contributed by atoms with E-state index in [2.05, 4.69) is 0 Å². The molecule has 0 saturated heterocycles. The summed E-state index contributed by atoms with van der Waals surface area (Å²) in [6.07, 6.45) is -2.75. The van der Waals surface area contributed by atoms with Gasteiger partial charge in [0.15, 0.2) is 0 Å². The molecule has 0 unspecified atom stereocenters. The van der Waals surface area contributed by atoms with Gasteiger partial charge in [-0.25, -0.2) is 22.3 Å². The molecule has 0 radical (unpaired) electrons. The molecule has 1 aromatic rings. The van der Waals surface area contributed by atoms with Gasteiger partial charge in [-0.2, -0.15) is 0 Å². The normalized spacial score (nSPS) is 11.7. The molecule has 0 saturated carbocycles. The van der Waals surface area contributed by atoms with Crippen LogP contribution in [0.2, 0.25) is 10.0 Å². The molecule has 3 N–H and O–H groups in total. The van der Waals surface area contributed by atoms with Crippen molar-refractivity contribution in [1.82, 2.24) is 5.32 Å². The molecular weight excluding hydrogens is 325 g/mol. The fourth-order valence-corrected chi connectivity index (χ4v) is 2.20. The predicted molar refractivity (Wildman–Crippen MR) is 66.2 cm³/mol. The van der Waals surface area contributed by atoms with Crippen LogP contribution in [0.1, 0.15) is 10.4 Å². The van der Waals surface area contributed by atoms with E-state index in [0.717, 1.165) is 12.1 Å². The van der Waals surface area contributed by atoms with Gasteiger partial charge in [-0.15, -0.1) is 0 Å². The molecule has 19 heavy (non-hydrogen) atoms. The third kappa shape index (κ3) is 4.27. The van der Waals surface area contributed by atoms with Gasteiger partial charge in [0.25, 0.3) is 12.3 Å². The largest absolute Gasteiger partial charge is 0.346 e. The number of rotatable bonds is 4. The van der Waals surface area contributed by atoms with Gasteiger partial charge in [0, 0.05) is 0 Å². The molecule has 0 atom stereocenters. The minimum atomic E-state index is -4.10. The summed E-state index contributed by atoms with van der Waals surface area (Å²) in [5, 5.41) is 6.29. The lowest BCUT2D eigenvalue weighted by atomic mass is 10.2. The average molecular weight is 333 g/mol. The highest BCUT2D eigenvalue weighted by Crippen LogP contribution is 2.29. The van der Waals surface area contributed by atoms with E-state index in [1.54, 1.807) is 0 Å². The van der Waals surface area contributed by atoms with Gasteiger partial charge in [-0.1, -0.05) is 23.2 Å². The van der Waals surface area contributed by atoms with Gasteiger partial charge >= 0.3 is 0 Å². The van der Waals surface area contributed by atoms with Crippen molar-refractivity contribution in [3.63, 3.8) is 0 Å². The predicted octanol–water partition coefficient (Wildman–Crippen LogP) is 1.64. The minimum absolute atomic E-state index is 0.226. The van der Waals surface area contributed by atoms with Gasteiger partial charge in [0.05, 0.1) is 27.0 Å². The van der Waals surface area contributed by atoms with Crippen molar-refractivity contribution in [1.29, 1.82) is 0 Å². The Bertz CT molecular complexity index is 608. The van der Waals surface area contributed by atoms with Crippen molar-refractivity contribution in [2.24, 2.45) is 5.14 Å². The van der Waals surface area contributed by atoms with E-state index in [9.17, 15) is 22.0 Å². The van der Waals surface area contributed by atoms with Gasteiger partial charge in [-0.05, 0) is 12.1 Å². The summed E-state index contributed by atoms with van der Waals surface area (Å²) < 4.78 is 46.3. The quantitative estimate of drug-likeness (QED) is 0.878. The second kappa shape index (κ2) is 6.00. The lowest BCUT2D eigenvalue weighted by molar-refractivity contribution is 0.0891. The summed E-state index contributed by atoms with van der Waals surface area (Å²) in [5.41, 5.74) is -0.348. The molecule has 0 spiro atoms. The summed E-state index contributed by atoms with van der Waals surface area (Å²) in [6.45, 7) is -0.896. The molecule has 0 aromatic heterocycles. The Morgan fingerprint density at radius 1 is 1.37 bits per heavy atom. The first-order chi connectivity index (χ1) is 8.62. The van der Waals surface area contributed by atoms with Crippen LogP contribution in [0.25, 0.3) is 0 Å². The number of carbonyl (C=O) groups is 1. The zero-order valence-electron chi connectivity index (χ0n) is 9.16. The molecule has 0 aliphatic rings. The molecule has 5 nitrogen and oxygen atoms in total. The number of primary sulfonamides is 1. The van der Waals surface area contributed by atoms with Crippen LogP contribution >= 0.6 is 23.2 Å². The lowest BCUT2D eigenvalue weighted by Crippen LogP contribution is -2.29. The van der Waals surface area contributed by atoms with Gasteiger partial charge in [0.2, 0.25) is 10.0 Å². The van der Waals surface area contributed by atoms with E-state index in [0.29, 0.717) is 0 Å². The molecule has 1 aromatic carbocycles. The summed E-state index contributed by atoms with van der Waals surface area (Å²) in [6, 6.07) is 1.83. The molecule has 0 aliphatic carbocycles. The molecule has 0 heterocycles. The molecule has 1 amide bonds. The zero-order chi connectivity index (χ0) is 14.8. The highest BCUT2D eigenvalue weighted by molar-refractivity contribution is 7.89. The van der Waals surface area contributed by atoms with Crippen LogP contribution < -0.4 is 10.5 Å². The molecule has 0 aliphatic heterocycles. The summed E-state index contributed by atoms with van der Waals surface area (Å²) in [5.74, 6) is -0.974. The lowest BCUT2D eigenvalue weighted by Gasteiger charge is -2.09. The van der Waals surface area contributed by atoms with Crippen LogP contribution in [0, 0.1) is 0 Å². The standard InChI is InChI=1S/C9H8Cl2F2N2O3S/c10-6-2-4(19(14,17)18)1-5(8(6)11)9(16)15-3-7(12)13/h1-2,7H,3H2,(H,15,16)(H2,14,17,18). The van der Waals surface area contributed by atoms with Crippen molar-refractivity contribution in [3.8, 4) is 0 Å². The summed E-state index contributed by atoms with van der Waals surface area (Å²) >= 11 is 11.4. The number of halogens is 4. The van der Waals surface area contributed by atoms with E-state index in [4.69, 9.17) is 28.3 Å². The Morgan fingerprint density at radius 3 is 2.42 bits per heavy atom. The zero-order valence-corrected chi connectivity index (χ0v) is 11.5. The Morgan fingerprint density at radius 2 is 1.95 bits per heavy atom. The van der Waals surface area contributed by atoms with Crippen LogP contribution in [0.15, 0.2) is 17.0 Å². The van der Waals surface area contributed by atoms with Gasteiger partial charge in [-0.3, -0.25) is 4.79 Å². The first-order valence-corrected chi connectivity index (χ1v) is 7.01. The monoisotopic (exact) mass is 332 g/mol. The molecule has 106 valence electrons. The van der Waals surface area contributed by atoms with E-state index in [1.807, 2.05) is 5.32 Å². The molecule has 10 heteroatoms. The number of sulfonamides is 1. The average Bonchev–Trinajstić information content (AvgIpc) is 2.27. The number of nitrogens with two attached hydrogens (primary N) is 1. The Kier molecular flexibility index (Phi) is 5.08. The second-order valence-electron chi connectivity index (χ2n) is 3.41. The molecule has 1 rings (SSSR count).